The van der Waals surface area contributed by atoms with Crippen LogP contribution in [0.3, 0.4) is 0 Å². The van der Waals surface area contributed by atoms with Crippen molar-refractivity contribution in [2.75, 3.05) is 0 Å². The minimum atomic E-state index is -1.33. The molecule has 0 aliphatic heterocycles. The normalized spacial score (nSPS) is 9.92. The first-order valence-electron chi connectivity index (χ1n) is 3.59. The molecule has 6 nitrogen and oxygen atoms in total. The van der Waals surface area contributed by atoms with E-state index in [4.69, 9.17) is 10.2 Å². The first-order valence-corrected chi connectivity index (χ1v) is 3.59. The standard InChI is InChI=1S/C7H8N2O4/c1-2-9-3-8-4(6(10)11)5(9)7(12)13/h3H,2H2,1H3,(H,10,11)(H,12,13). The smallest absolute Gasteiger partial charge is 0.357 e. The van der Waals surface area contributed by atoms with Crippen molar-refractivity contribution in [3.63, 3.8) is 0 Å². The third kappa shape index (κ3) is 1.51. The SMILES string of the molecule is CCn1cnc(C(=O)O)c1C(=O)O. The predicted molar refractivity (Wildman–Crippen MR) is 41.8 cm³/mol. The summed E-state index contributed by atoms with van der Waals surface area (Å²) in [4.78, 5) is 24.6. The van der Waals surface area contributed by atoms with Crippen LogP contribution in [0, 0.1) is 0 Å². The fourth-order valence-corrected chi connectivity index (χ4v) is 1.00. The monoisotopic (exact) mass is 184 g/mol. The molecule has 0 atom stereocenters. The van der Waals surface area contributed by atoms with Gasteiger partial charge in [0.15, 0.2) is 11.4 Å². The lowest BCUT2D eigenvalue weighted by atomic mass is 10.3. The van der Waals surface area contributed by atoms with Crippen molar-refractivity contribution in [1.29, 1.82) is 0 Å². The molecule has 0 fully saturated rings. The number of nitrogens with zero attached hydrogens (tertiary/aromatic N) is 2. The number of imidazole rings is 1. The zero-order chi connectivity index (χ0) is 10.0. The van der Waals surface area contributed by atoms with E-state index in [1.54, 1.807) is 6.92 Å². The molecule has 0 aromatic carbocycles. The van der Waals surface area contributed by atoms with Crippen molar-refractivity contribution >= 4 is 11.9 Å². The zero-order valence-electron chi connectivity index (χ0n) is 6.89. The Bertz CT molecular complexity index is 355. The minimum absolute atomic E-state index is 0.282. The maximum Gasteiger partial charge on any atom is 0.357 e. The molecule has 1 heterocycles. The van der Waals surface area contributed by atoms with Crippen molar-refractivity contribution in [3.8, 4) is 0 Å². The molecule has 13 heavy (non-hydrogen) atoms. The van der Waals surface area contributed by atoms with Gasteiger partial charge in [-0.2, -0.15) is 0 Å². The molecule has 0 saturated carbocycles. The number of aromatic nitrogens is 2. The van der Waals surface area contributed by atoms with Crippen LogP contribution in [0.15, 0.2) is 6.33 Å². The molecule has 0 aliphatic rings. The van der Waals surface area contributed by atoms with Crippen LogP contribution in [0.25, 0.3) is 0 Å². The molecular formula is C7H8N2O4. The summed E-state index contributed by atoms with van der Waals surface area (Å²) < 4.78 is 1.27. The van der Waals surface area contributed by atoms with Gasteiger partial charge >= 0.3 is 11.9 Å². The number of aromatic carboxylic acids is 2. The second-order valence-electron chi connectivity index (χ2n) is 2.34. The van der Waals surface area contributed by atoms with E-state index in [1.807, 2.05) is 0 Å². The lowest BCUT2D eigenvalue weighted by Gasteiger charge is -1.99. The molecule has 0 radical (unpaired) electrons. The van der Waals surface area contributed by atoms with Gasteiger partial charge in [0.2, 0.25) is 0 Å². The summed E-state index contributed by atoms with van der Waals surface area (Å²) in [6.45, 7) is 2.08. The molecule has 0 amide bonds. The first kappa shape index (κ1) is 9.24. The van der Waals surface area contributed by atoms with Gasteiger partial charge in [0, 0.05) is 6.54 Å². The van der Waals surface area contributed by atoms with Gasteiger partial charge < -0.3 is 14.8 Å². The Morgan fingerprint density at radius 1 is 1.46 bits per heavy atom. The molecule has 0 bridgehead atoms. The van der Waals surface area contributed by atoms with Crippen molar-refractivity contribution in [1.82, 2.24) is 9.55 Å². The van der Waals surface area contributed by atoms with Crippen molar-refractivity contribution < 1.29 is 19.8 Å². The van der Waals surface area contributed by atoms with E-state index >= 15 is 0 Å². The topological polar surface area (TPSA) is 92.4 Å². The lowest BCUT2D eigenvalue weighted by molar-refractivity contribution is 0.0640. The number of rotatable bonds is 3. The summed E-state index contributed by atoms with van der Waals surface area (Å²) in [5.41, 5.74) is -0.704. The van der Waals surface area contributed by atoms with Crippen LogP contribution >= 0.6 is 0 Å². The van der Waals surface area contributed by atoms with E-state index in [1.165, 1.54) is 10.9 Å². The third-order valence-corrected chi connectivity index (χ3v) is 1.58. The highest BCUT2D eigenvalue weighted by molar-refractivity contribution is 5.99. The second kappa shape index (κ2) is 3.26. The molecule has 6 heteroatoms. The van der Waals surface area contributed by atoms with Crippen molar-refractivity contribution in [2.45, 2.75) is 13.5 Å². The molecule has 0 saturated heterocycles. The molecule has 0 spiro atoms. The van der Waals surface area contributed by atoms with Crippen molar-refractivity contribution in [2.24, 2.45) is 0 Å². The quantitative estimate of drug-likeness (QED) is 0.704. The minimum Gasteiger partial charge on any atom is -0.476 e. The Morgan fingerprint density at radius 3 is 2.46 bits per heavy atom. The summed E-state index contributed by atoms with van der Waals surface area (Å²) in [6, 6.07) is 0. The highest BCUT2D eigenvalue weighted by Gasteiger charge is 2.21. The molecule has 2 N–H and O–H groups in total. The Labute approximate surface area is 73.4 Å². The van der Waals surface area contributed by atoms with Gasteiger partial charge in [-0.25, -0.2) is 14.6 Å². The zero-order valence-corrected chi connectivity index (χ0v) is 6.89. The highest BCUT2D eigenvalue weighted by Crippen LogP contribution is 2.07. The molecule has 70 valence electrons. The Hall–Kier alpha value is -1.85. The first-order chi connectivity index (χ1) is 6.07. The van der Waals surface area contributed by atoms with E-state index in [2.05, 4.69) is 4.98 Å². The number of hydrogen-bond acceptors (Lipinski definition) is 3. The van der Waals surface area contributed by atoms with Gasteiger partial charge in [-0.05, 0) is 6.92 Å². The van der Waals surface area contributed by atoms with E-state index in [-0.39, 0.29) is 5.69 Å². The number of carbonyl (C=O) groups is 2. The number of carboxylic acids is 2. The molecule has 1 aromatic heterocycles. The van der Waals surface area contributed by atoms with Gasteiger partial charge in [-0.1, -0.05) is 0 Å². The fraction of sp³-hybridized carbons (Fsp3) is 0.286. The van der Waals surface area contributed by atoms with E-state index in [0.717, 1.165) is 0 Å². The molecule has 0 unspecified atom stereocenters. The largest absolute Gasteiger partial charge is 0.476 e. The van der Waals surface area contributed by atoms with E-state index < -0.39 is 17.6 Å². The number of carboxylic acid groups (broad SMARTS) is 2. The van der Waals surface area contributed by atoms with Crippen LogP contribution in [0.1, 0.15) is 27.9 Å². The van der Waals surface area contributed by atoms with Gasteiger partial charge in [0.05, 0.1) is 6.33 Å². The van der Waals surface area contributed by atoms with Crippen LogP contribution < -0.4 is 0 Å². The third-order valence-electron chi connectivity index (χ3n) is 1.58. The van der Waals surface area contributed by atoms with Gasteiger partial charge in [0.25, 0.3) is 0 Å². The van der Waals surface area contributed by atoms with Gasteiger partial charge in [-0.15, -0.1) is 0 Å². The summed E-state index contributed by atoms with van der Waals surface area (Å²) >= 11 is 0. The molecule has 1 aromatic rings. The molecule has 1 rings (SSSR count). The van der Waals surface area contributed by atoms with Crippen LogP contribution in [0.2, 0.25) is 0 Å². The Balaban J connectivity index is 3.30. The lowest BCUT2D eigenvalue weighted by Crippen LogP contribution is -2.12. The maximum absolute atomic E-state index is 10.6. The number of hydrogen-bond donors (Lipinski definition) is 2. The van der Waals surface area contributed by atoms with E-state index in [9.17, 15) is 9.59 Å². The van der Waals surface area contributed by atoms with Crippen LogP contribution in [-0.4, -0.2) is 31.7 Å². The van der Waals surface area contributed by atoms with Gasteiger partial charge in [-0.3, -0.25) is 0 Å². The summed E-state index contributed by atoms with van der Waals surface area (Å²) in [7, 11) is 0. The highest BCUT2D eigenvalue weighted by atomic mass is 16.4. The van der Waals surface area contributed by atoms with Crippen LogP contribution in [-0.2, 0) is 6.54 Å². The van der Waals surface area contributed by atoms with Crippen LogP contribution in [0.5, 0.6) is 0 Å². The van der Waals surface area contributed by atoms with E-state index in [0.29, 0.717) is 6.54 Å². The average Bonchev–Trinajstić information content (AvgIpc) is 2.46. The molecular weight excluding hydrogens is 176 g/mol. The van der Waals surface area contributed by atoms with Crippen molar-refractivity contribution in [3.05, 3.63) is 17.7 Å². The summed E-state index contributed by atoms with van der Waals surface area (Å²) in [6.07, 6.45) is 1.20. The summed E-state index contributed by atoms with van der Waals surface area (Å²) in [5, 5.41) is 17.3. The predicted octanol–water partition coefficient (Wildman–Crippen LogP) is 0.299. The Kier molecular flexibility index (Phi) is 2.32. The maximum atomic E-state index is 10.6. The van der Waals surface area contributed by atoms with Gasteiger partial charge in [0.1, 0.15) is 0 Å². The molecule has 0 aliphatic carbocycles. The summed E-state index contributed by atoms with van der Waals surface area (Å²) in [5.74, 6) is -2.61. The number of aryl methyl sites for hydroxylation is 1. The Morgan fingerprint density at radius 2 is 2.08 bits per heavy atom. The average molecular weight is 184 g/mol. The second-order valence-corrected chi connectivity index (χ2v) is 2.34. The fourth-order valence-electron chi connectivity index (χ4n) is 1.00. The van der Waals surface area contributed by atoms with Crippen LogP contribution in [0.4, 0.5) is 0 Å².